The molecule has 0 aliphatic heterocycles. The number of furan rings is 1. The highest BCUT2D eigenvalue weighted by Crippen LogP contribution is 2.33. The molecule has 0 fully saturated rings. The number of fused-ring (bicyclic) bond motifs is 2. The lowest BCUT2D eigenvalue weighted by atomic mass is 10.1. The number of hydrogen-bond donors (Lipinski definition) is 0. The van der Waals surface area contributed by atoms with E-state index in [-0.39, 0.29) is 18.0 Å². The van der Waals surface area contributed by atoms with Gasteiger partial charge in [0.1, 0.15) is 11.7 Å². The fourth-order valence-electron chi connectivity index (χ4n) is 4.09. The van der Waals surface area contributed by atoms with Crippen molar-refractivity contribution in [1.82, 2.24) is 9.66 Å². The van der Waals surface area contributed by atoms with E-state index >= 15 is 0 Å². The summed E-state index contributed by atoms with van der Waals surface area (Å²) in [6.45, 7) is 3.68. The Hall–Kier alpha value is -5.16. The second-order valence-corrected chi connectivity index (χ2v) is 8.11. The molecular formula is C29H22N4O4. The Labute approximate surface area is 212 Å². The molecule has 0 atom stereocenters. The van der Waals surface area contributed by atoms with E-state index in [2.05, 4.69) is 11.7 Å². The summed E-state index contributed by atoms with van der Waals surface area (Å²) in [7, 11) is 1.52. The third-order valence-electron chi connectivity index (χ3n) is 5.74. The average Bonchev–Trinajstić information content (AvgIpc) is 3.36. The van der Waals surface area contributed by atoms with Crippen LogP contribution in [-0.4, -0.2) is 29.6 Å². The van der Waals surface area contributed by atoms with E-state index in [4.69, 9.17) is 24.1 Å². The van der Waals surface area contributed by atoms with Crippen LogP contribution in [0.3, 0.4) is 0 Å². The minimum atomic E-state index is -0.329. The summed E-state index contributed by atoms with van der Waals surface area (Å²) in [5.74, 6) is 1.61. The number of allylic oxidation sites excluding steroid dienone is 1. The summed E-state index contributed by atoms with van der Waals surface area (Å²) in [5, 5.41) is 14.8. The molecule has 2 heterocycles. The molecule has 2 aromatic heterocycles. The maximum atomic E-state index is 13.5. The first-order valence-corrected chi connectivity index (χ1v) is 11.5. The Morgan fingerprint density at radius 1 is 1.16 bits per heavy atom. The number of hydrogen-bond acceptors (Lipinski definition) is 7. The van der Waals surface area contributed by atoms with E-state index in [1.807, 2.05) is 48.5 Å². The van der Waals surface area contributed by atoms with Gasteiger partial charge in [0.25, 0.3) is 5.56 Å². The molecule has 5 rings (SSSR count). The summed E-state index contributed by atoms with van der Waals surface area (Å²) in [4.78, 5) is 18.2. The molecule has 0 bridgehead atoms. The van der Waals surface area contributed by atoms with E-state index in [1.54, 1.807) is 36.6 Å². The van der Waals surface area contributed by atoms with Crippen molar-refractivity contribution in [3.8, 4) is 29.2 Å². The average molecular weight is 491 g/mol. The van der Waals surface area contributed by atoms with Crippen LogP contribution in [0.5, 0.6) is 11.5 Å². The number of benzene rings is 3. The number of nitriles is 1. The summed E-state index contributed by atoms with van der Waals surface area (Å²) < 4.78 is 18.4. The van der Waals surface area contributed by atoms with Crippen molar-refractivity contribution in [2.24, 2.45) is 5.10 Å². The normalized spacial score (nSPS) is 11.1. The van der Waals surface area contributed by atoms with Gasteiger partial charge in [0.05, 0.1) is 24.2 Å². The molecule has 0 saturated carbocycles. The lowest BCUT2D eigenvalue weighted by Crippen LogP contribution is -2.20. The molecule has 182 valence electrons. The molecule has 5 aromatic rings. The number of methoxy groups -OCH3 is 1. The first-order chi connectivity index (χ1) is 18.1. The van der Waals surface area contributed by atoms with Crippen molar-refractivity contribution in [3.63, 3.8) is 0 Å². The van der Waals surface area contributed by atoms with Gasteiger partial charge in [0.2, 0.25) is 5.82 Å². The predicted octanol–water partition coefficient (Wildman–Crippen LogP) is 5.33. The number of para-hydroxylation sites is 2. The lowest BCUT2D eigenvalue weighted by molar-refractivity contribution is 0.327. The third-order valence-corrected chi connectivity index (χ3v) is 5.74. The predicted molar refractivity (Wildman–Crippen MR) is 142 cm³/mol. The van der Waals surface area contributed by atoms with Gasteiger partial charge in [-0.25, -0.2) is 4.98 Å². The zero-order chi connectivity index (χ0) is 25.8. The maximum absolute atomic E-state index is 13.5. The Morgan fingerprint density at radius 2 is 1.97 bits per heavy atom. The van der Waals surface area contributed by atoms with Gasteiger partial charge in [-0.1, -0.05) is 36.4 Å². The van der Waals surface area contributed by atoms with Crippen LogP contribution in [0.15, 0.2) is 93.7 Å². The Bertz CT molecular complexity index is 1730. The van der Waals surface area contributed by atoms with Crippen molar-refractivity contribution < 1.29 is 13.9 Å². The molecule has 0 unspecified atom stereocenters. The van der Waals surface area contributed by atoms with Gasteiger partial charge in [-0.2, -0.15) is 15.0 Å². The third kappa shape index (κ3) is 4.58. The van der Waals surface area contributed by atoms with Gasteiger partial charge < -0.3 is 13.9 Å². The highest BCUT2D eigenvalue weighted by molar-refractivity contribution is 5.85. The van der Waals surface area contributed by atoms with Crippen LogP contribution in [0.1, 0.15) is 11.1 Å². The second-order valence-electron chi connectivity index (χ2n) is 8.11. The van der Waals surface area contributed by atoms with E-state index in [9.17, 15) is 4.79 Å². The highest BCUT2D eigenvalue weighted by atomic mass is 16.5. The van der Waals surface area contributed by atoms with Gasteiger partial charge in [-0.3, -0.25) is 4.79 Å². The number of ether oxygens (including phenoxy) is 2. The van der Waals surface area contributed by atoms with Gasteiger partial charge in [-0.05, 0) is 48.4 Å². The Morgan fingerprint density at radius 3 is 2.76 bits per heavy atom. The van der Waals surface area contributed by atoms with E-state index in [0.717, 1.165) is 10.9 Å². The summed E-state index contributed by atoms with van der Waals surface area (Å²) in [5.41, 5.74) is 2.33. The van der Waals surface area contributed by atoms with Crippen LogP contribution in [0.25, 0.3) is 33.5 Å². The van der Waals surface area contributed by atoms with Gasteiger partial charge in [-0.15, -0.1) is 6.58 Å². The van der Waals surface area contributed by atoms with Crippen LogP contribution >= 0.6 is 0 Å². The van der Waals surface area contributed by atoms with Gasteiger partial charge in [0.15, 0.2) is 23.9 Å². The highest BCUT2D eigenvalue weighted by Gasteiger charge is 2.17. The maximum Gasteiger partial charge on any atom is 0.282 e. The fraction of sp³-hybridized carbons (Fsp3) is 0.103. The van der Waals surface area contributed by atoms with Crippen molar-refractivity contribution >= 4 is 28.1 Å². The smallest absolute Gasteiger partial charge is 0.282 e. The molecule has 0 N–H and O–H groups in total. The van der Waals surface area contributed by atoms with Crippen LogP contribution in [0.2, 0.25) is 0 Å². The lowest BCUT2D eigenvalue weighted by Gasteiger charge is -2.14. The molecule has 37 heavy (non-hydrogen) atoms. The van der Waals surface area contributed by atoms with Crippen molar-refractivity contribution in [1.29, 1.82) is 5.26 Å². The number of rotatable bonds is 8. The molecule has 0 radical (unpaired) electrons. The molecule has 3 aromatic carbocycles. The Kier molecular flexibility index (Phi) is 6.51. The summed E-state index contributed by atoms with van der Waals surface area (Å²) in [6, 6.07) is 22.1. The standard InChI is InChI=1S/C29H22N4O4/c1-3-8-21-15-19(16-25(35-2)27(21)36-14-13-30)18-31-33-28(26-17-20-9-4-7-12-24(20)37-26)32-23-11-6-5-10-22(23)29(33)34/h3-7,9-12,15-18H,1,8,14H2,2H3. The molecular weight excluding hydrogens is 468 g/mol. The van der Waals surface area contributed by atoms with Crippen LogP contribution in [0, 0.1) is 11.3 Å². The van der Waals surface area contributed by atoms with Crippen LogP contribution in [0.4, 0.5) is 0 Å². The van der Waals surface area contributed by atoms with Crippen molar-refractivity contribution in [3.05, 3.63) is 101 Å². The second kappa shape index (κ2) is 10.2. The molecule has 0 aliphatic carbocycles. The van der Waals surface area contributed by atoms with Crippen LogP contribution in [-0.2, 0) is 6.42 Å². The minimum Gasteiger partial charge on any atom is -0.493 e. The van der Waals surface area contributed by atoms with Gasteiger partial charge >= 0.3 is 0 Å². The first kappa shape index (κ1) is 23.6. The van der Waals surface area contributed by atoms with E-state index < -0.39 is 0 Å². The molecule has 8 nitrogen and oxygen atoms in total. The van der Waals surface area contributed by atoms with Crippen molar-refractivity contribution in [2.45, 2.75) is 6.42 Å². The molecule has 0 spiro atoms. The van der Waals surface area contributed by atoms with E-state index in [1.165, 1.54) is 11.8 Å². The number of nitrogens with zero attached hydrogens (tertiary/aromatic N) is 4. The zero-order valence-corrected chi connectivity index (χ0v) is 20.0. The quantitative estimate of drug-likeness (QED) is 0.215. The summed E-state index contributed by atoms with van der Waals surface area (Å²) in [6.07, 6.45) is 3.76. The van der Waals surface area contributed by atoms with Crippen molar-refractivity contribution in [2.75, 3.05) is 13.7 Å². The zero-order valence-electron chi connectivity index (χ0n) is 20.0. The van der Waals surface area contributed by atoms with Gasteiger partial charge in [0, 0.05) is 10.9 Å². The van der Waals surface area contributed by atoms with E-state index in [0.29, 0.717) is 45.7 Å². The monoisotopic (exact) mass is 490 g/mol. The molecule has 8 heteroatoms. The Balaban J connectivity index is 1.67. The SMILES string of the molecule is C=CCc1cc(C=Nn2c(-c3cc4ccccc4o3)nc3ccccc3c2=O)cc(OC)c1OCC#N. The largest absolute Gasteiger partial charge is 0.493 e. The molecule has 0 amide bonds. The minimum absolute atomic E-state index is 0.118. The summed E-state index contributed by atoms with van der Waals surface area (Å²) >= 11 is 0. The first-order valence-electron chi connectivity index (χ1n) is 11.5. The fourth-order valence-corrected chi connectivity index (χ4v) is 4.09. The molecule has 0 saturated heterocycles. The topological polar surface area (TPSA) is 103 Å². The number of aromatic nitrogens is 2. The molecule has 0 aliphatic rings. The van der Waals surface area contributed by atoms with Crippen LogP contribution < -0.4 is 15.0 Å².